The van der Waals surface area contributed by atoms with Gasteiger partial charge in [-0.05, 0) is 73.4 Å². The molecule has 0 heterocycles. The summed E-state index contributed by atoms with van der Waals surface area (Å²) >= 11 is 0. The number of aliphatic carboxylic acids is 1. The third-order valence-corrected chi connectivity index (χ3v) is 7.56. The van der Waals surface area contributed by atoms with Crippen LogP contribution in [0.1, 0.15) is 91.6 Å². The van der Waals surface area contributed by atoms with E-state index in [1.54, 1.807) is 0 Å². The first-order chi connectivity index (χ1) is 16.5. The molecule has 0 atom stereocenters. The summed E-state index contributed by atoms with van der Waals surface area (Å²) in [6, 6.07) is 12.4. The normalized spacial score (nSPS) is 12.2. The van der Waals surface area contributed by atoms with E-state index in [4.69, 9.17) is 5.11 Å². The first kappa shape index (κ1) is 28.3. The number of aliphatic hydroxyl groups is 1. The lowest BCUT2D eigenvalue weighted by atomic mass is 9.69. The van der Waals surface area contributed by atoms with Gasteiger partial charge in [0.25, 0.3) is 5.91 Å². The molecule has 2 aromatic carbocycles. The molecule has 1 amide bonds. The predicted molar refractivity (Wildman–Crippen MR) is 143 cm³/mol. The van der Waals surface area contributed by atoms with Gasteiger partial charge in [-0.3, -0.25) is 9.59 Å². The second-order valence-corrected chi connectivity index (χ2v) is 9.59. The highest BCUT2D eigenvalue weighted by atomic mass is 16.4. The molecule has 0 saturated carbocycles. The largest absolute Gasteiger partial charge is 0.480 e. The van der Waals surface area contributed by atoms with Crippen molar-refractivity contribution < 1.29 is 19.8 Å². The van der Waals surface area contributed by atoms with Crippen LogP contribution in [0.25, 0.3) is 6.08 Å². The minimum Gasteiger partial charge on any atom is -0.480 e. The van der Waals surface area contributed by atoms with Crippen molar-refractivity contribution in [1.82, 2.24) is 4.90 Å². The molecule has 0 aliphatic rings. The van der Waals surface area contributed by atoms with Gasteiger partial charge in [-0.1, -0.05) is 70.2 Å². The minimum atomic E-state index is -1.03. The van der Waals surface area contributed by atoms with E-state index in [0.29, 0.717) is 18.4 Å². The Morgan fingerprint density at radius 3 is 1.89 bits per heavy atom. The number of carboxylic acid groups (broad SMARTS) is 1. The number of carbonyl (C=O) groups excluding carboxylic acids is 1. The van der Waals surface area contributed by atoms with Gasteiger partial charge < -0.3 is 15.1 Å². The van der Waals surface area contributed by atoms with Crippen LogP contribution in [0.5, 0.6) is 0 Å². The summed E-state index contributed by atoms with van der Waals surface area (Å²) in [6.45, 7) is 12.0. The van der Waals surface area contributed by atoms with Gasteiger partial charge in [-0.25, -0.2) is 0 Å². The fourth-order valence-electron chi connectivity index (χ4n) is 4.81. The Kier molecular flexibility index (Phi) is 9.45. The van der Waals surface area contributed by atoms with Crippen LogP contribution in [-0.4, -0.2) is 46.2 Å². The quantitative estimate of drug-likeness (QED) is 0.406. The molecule has 0 aromatic heterocycles. The molecule has 0 radical (unpaired) electrons. The Labute approximate surface area is 210 Å². The van der Waals surface area contributed by atoms with E-state index in [2.05, 4.69) is 45.0 Å². The van der Waals surface area contributed by atoms with Crippen LogP contribution in [0.4, 0.5) is 0 Å². The van der Waals surface area contributed by atoms with Crippen molar-refractivity contribution >= 4 is 18.0 Å². The van der Waals surface area contributed by atoms with E-state index >= 15 is 0 Å². The summed E-state index contributed by atoms with van der Waals surface area (Å²) in [5, 5.41) is 19.6. The number of aryl methyl sites for hydroxylation is 2. The summed E-state index contributed by atoms with van der Waals surface area (Å²) < 4.78 is 0. The first-order valence-corrected chi connectivity index (χ1v) is 12.6. The van der Waals surface area contributed by atoms with Crippen molar-refractivity contribution in [3.63, 3.8) is 0 Å². The van der Waals surface area contributed by atoms with Gasteiger partial charge in [-0.2, -0.15) is 0 Å². The molecule has 0 spiro atoms. The molecule has 5 heteroatoms. The zero-order valence-electron chi connectivity index (χ0n) is 22.3. The Morgan fingerprint density at radius 1 is 0.886 bits per heavy atom. The Balaban J connectivity index is 2.47. The molecular weight excluding hydrogens is 438 g/mol. The molecule has 35 heavy (non-hydrogen) atoms. The minimum absolute atomic E-state index is 0.208. The van der Waals surface area contributed by atoms with Gasteiger partial charge >= 0.3 is 5.97 Å². The van der Waals surface area contributed by atoms with E-state index in [1.165, 1.54) is 17.5 Å². The van der Waals surface area contributed by atoms with Gasteiger partial charge in [-0.15, -0.1) is 0 Å². The van der Waals surface area contributed by atoms with Crippen molar-refractivity contribution in [1.29, 1.82) is 0 Å². The summed E-state index contributed by atoms with van der Waals surface area (Å²) in [4.78, 5) is 25.0. The third-order valence-electron chi connectivity index (χ3n) is 7.56. The number of hydrogen-bond donors (Lipinski definition) is 2. The van der Waals surface area contributed by atoms with Gasteiger partial charge in [0.05, 0.1) is 5.60 Å². The zero-order valence-corrected chi connectivity index (χ0v) is 22.3. The summed E-state index contributed by atoms with van der Waals surface area (Å²) in [5.41, 5.74) is 4.98. The molecule has 2 N–H and O–H groups in total. The number of benzene rings is 2. The number of carbonyl (C=O) groups is 2. The standard InChI is InChI=1S/C30H41NO4/c1-8-29(35,9-2)17-16-23-12-13-24(18-21(23)5)30(10-3,11-4)25-14-15-26(22(6)19-25)28(34)31(7)20-27(32)33/h12-19,35H,8-11,20H2,1-7H3,(H,32,33). The van der Waals surface area contributed by atoms with Crippen LogP contribution in [0.2, 0.25) is 0 Å². The van der Waals surface area contributed by atoms with Crippen LogP contribution in [0, 0.1) is 13.8 Å². The van der Waals surface area contributed by atoms with E-state index < -0.39 is 11.6 Å². The molecule has 0 aliphatic heterocycles. The van der Waals surface area contributed by atoms with Gasteiger partial charge in [0.15, 0.2) is 0 Å². The van der Waals surface area contributed by atoms with Crippen molar-refractivity contribution in [3.05, 3.63) is 75.9 Å². The maximum Gasteiger partial charge on any atom is 0.323 e. The van der Waals surface area contributed by atoms with Gasteiger partial charge in [0.2, 0.25) is 0 Å². The summed E-state index contributed by atoms with van der Waals surface area (Å²) in [7, 11) is 1.51. The zero-order chi connectivity index (χ0) is 26.4. The molecule has 0 unspecified atom stereocenters. The van der Waals surface area contributed by atoms with Crippen molar-refractivity contribution in [2.45, 2.75) is 78.2 Å². The third kappa shape index (κ3) is 6.21. The van der Waals surface area contributed by atoms with Gasteiger partial charge in [0.1, 0.15) is 6.54 Å². The average Bonchev–Trinajstić information content (AvgIpc) is 2.83. The molecule has 2 aromatic rings. The average molecular weight is 480 g/mol. The number of amides is 1. The lowest BCUT2D eigenvalue weighted by Crippen LogP contribution is -2.32. The molecule has 5 nitrogen and oxygen atoms in total. The fraction of sp³-hybridized carbons (Fsp3) is 0.467. The number of likely N-dealkylation sites (N-methyl/N-ethyl adjacent to an activating group) is 1. The first-order valence-electron chi connectivity index (χ1n) is 12.6. The van der Waals surface area contributed by atoms with Crippen LogP contribution < -0.4 is 0 Å². The smallest absolute Gasteiger partial charge is 0.323 e. The molecule has 2 rings (SSSR count). The highest BCUT2D eigenvalue weighted by Gasteiger charge is 2.32. The summed E-state index contributed by atoms with van der Waals surface area (Å²) in [6.07, 6.45) is 7.07. The second kappa shape index (κ2) is 11.7. The van der Waals surface area contributed by atoms with Crippen molar-refractivity contribution in [2.75, 3.05) is 13.6 Å². The number of hydrogen-bond acceptors (Lipinski definition) is 3. The fourth-order valence-corrected chi connectivity index (χ4v) is 4.81. The molecule has 0 aliphatic carbocycles. The van der Waals surface area contributed by atoms with Crippen LogP contribution in [0.15, 0.2) is 42.5 Å². The maximum absolute atomic E-state index is 12.8. The highest BCUT2D eigenvalue weighted by Crippen LogP contribution is 2.40. The van der Waals surface area contributed by atoms with E-state index in [0.717, 1.165) is 35.1 Å². The Bertz CT molecular complexity index is 1080. The van der Waals surface area contributed by atoms with Crippen molar-refractivity contribution in [3.8, 4) is 0 Å². The van der Waals surface area contributed by atoms with E-state index in [-0.39, 0.29) is 17.9 Å². The number of carboxylic acids is 1. The van der Waals surface area contributed by atoms with Crippen LogP contribution in [-0.2, 0) is 10.2 Å². The lowest BCUT2D eigenvalue weighted by Gasteiger charge is -2.34. The molecule has 0 saturated heterocycles. The van der Waals surface area contributed by atoms with Crippen molar-refractivity contribution in [2.24, 2.45) is 0 Å². The molecular formula is C30H41NO4. The Hall–Kier alpha value is -2.92. The number of nitrogens with zero attached hydrogens (tertiary/aromatic N) is 1. The lowest BCUT2D eigenvalue weighted by molar-refractivity contribution is -0.137. The Morgan fingerprint density at radius 2 is 1.43 bits per heavy atom. The van der Waals surface area contributed by atoms with E-state index in [1.807, 2.05) is 45.1 Å². The topological polar surface area (TPSA) is 77.8 Å². The monoisotopic (exact) mass is 479 g/mol. The van der Waals surface area contributed by atoms with Gasteiger partial charge in [0, 0.05) is 18.0 Å². The molecule has 0 bridgehead atoms. The van der Waals surface area contributed by atoms with Crippen LogP contribution >= 0.6 is 0 Å². The van der Waals surface area contributed by atoms with E-state index in [9.17, 15) is 14.7 Å². The highest BCUT2D eigenvalue weighted by molar-refractivity contribution is 5.97. The maximum atomic E-state index is 12.8. The molecule has 0 fully saturated rings. The van der Waals surface area contributed by atoms with Crippen LogP contribution in [0.3, 0.4) is 0 Å². The second-order valence-electron chi connectivity index (χ2n) is 9.59. The predicted octanol–water partition coefficient (Wildman–Crippen LogP) is 6.13. The SMILES string of the molecule is CCC(O)(C=Cc1ccc(C(CC)(CC)c2ccc(C(=O)N(C)CC(=O)O)c(C)c2)cc1C)CC. The summed E-state index contributed by atoms with van der Waals surface area (Å²) in [5.74, 6) is -1.32. The molecule has 190 valence electrons. The number of rotatable bonds is 11.